The lowest BCUT2D eigenvalue weighted by molar-refractivity contribution is -0.121. The molecule has 0 aliphatic carbocycles. The molecule has 1 unspecified atom stereocenters. The molecule has 1 amide bonds. The van der Waals surface area contributed by atoms with Crippen LogP contribution >= 0.6 is 0 Å². The van der Waals surface area contributed by atoms with Gasteiger partial charge >= 0.3 is 0 Å². The molecule has 0 bridgehead atoms. The molecule has 1 atom stereocenters. The van der Waals surface area contributed by atoms with Gasteiger partial charge in [0.05, 0.1) is 13.2 Å². The van der Waals surface area contributed by atoms with E-state index in [0.717, 1.165) is 13.0 Å². The summed E-state index contributed by atoms with van der Waals surface area (Å²) >= 11 is 0. The van der Waals surface area contributed by atoms with Gasteiger partial charge in [0.15, 0.2) is 0 Å². The van der Waals surface area contributed by atoms with E-state index in [2.05, 4.69) is 10.6 Å². The van der Waals surface area contributed by atoms with Crippen LogP contribution in [0.5, 0.6) is 0 Å². The van der Waals surface area contributed by atoms with E-state index in [1.54, 1.807) is 6.92 Å². The molecule has 0 aliphatic rings. The first kappa shape index (κ1) is 11.4. The standard InChI is InChI=1S/C8H18N2O2/c1-3-4-9-5-8(12)10-7(2)6-11/h7,9,11H,3-6H2,1-2H3,(H,10,12). The Hall–Kier alpha value is -0.610. The van der Waals surface area contributed by atoms with Crippen molar-refractivity contribution in [2.45, 2.75) is 26.3 Å². The van der Waals surface area contributed by atoms with E-state index in [-0.39, 0.29) is 18.6 Å². The number of amides is 1. The summed E-state index contributed by atoms with van der Waals surface area (Å²) in [5.74, 6) is -0.0648. The van der Waals surface area contributed by atoms with E-state index in [9.17, 15) is 4.79 Å². The highest BCUT2D eigenvalue weighted by Crippen LogP contribution is 1.77. The normalized spacial score (nSPS) is 12.6. The highest BCUT2D eigenvalue weighted by atomic mass is 16.3. The number of hydrogen-bond acceptors (Lipinski definition) is 3. The average Bonchev–Trinajstić information content (AvgIpc) is 2.05. The lowest BCUT2D eigenvalue weighted by Gasteiger charge is -2.10. The Morgan fingerprint density at radius 1 is 1.58 bits per heavy atom. The third kappa shape index (κ3) is 6.12. The lowest BCUT2D eigenvalue weighted by Crippen LogP contribution is -2.40. The first-order valence-corrected chi connectivity index (χ1v) is 4.31. The second kappa shape index (κ2) is 7.06. The van der Waals surface area contributed by atoms with Crippen LogP contribution in [0, 0.1) is 0 Å². The summed E-state index contributed by atoms with van der Waals surface area (Å²) in [6.07, 6.45) is 1.02. The SMILES string of the molecule is CCCNCC(=O)NC(C)CO. The molecule has 0 aliphatic heterocycles. The minimum absolute atomic E-state index is 0.0144. The molecule has 72 valence electrons. The van der Waals surface area contributed by atoms with Crippen molar-refractivity contribution >= 4 is 5.91 Å². The number of rotatable bonds is 6. The van der Waals surface area contributed by atoms with Gasteiger partial charge in [-0.1, -0.05) is 6.92 Å². The highest BCUT2D eigenvalue weighted by Gasteiger charge is 2.03. The van der Waals surface area contributed by atoms with Crippen molar-refractivity contribution < 1.29 is 9.90 Å². The molecule has 0 aromatic rings. The number of aliphatic hydroxyl groups is 1. The second-order valence-corrected chi connectivity index (χ2v) is 2.83. The zero-order chi connectivity index (χ0) is 9.40. The van der Waals surface area contributed by atoms with E-state index in [0.29, 0.717) is 6.54 Å². The zero-order valence-electron chi connectivity index (χ0n) is 7.76. The summed E-state index contributed by atoms with van der Waals surface area (Å²) in [6, 6.07) is -0.152. The van der Waals surface area contributed by atoms with Gasteiger partial charge in [0.1, 0.15) is 0 Å². The Labute approximate surface area is 73.3 Å². The van der Waals surface area contributed by atoms with Crippen LogP contribution in [0.25, 0.3) is 0 Å². The Balaban J connectivity index is 3.33. The van der Waals surface area contributed by atoms with E-state index in [1.165, 1.54) is 0 Å². The summed E-state index contributed by atoms with van der Waals surface area (Å²) in [6.45, 7) is 4.97. The molecule has 4 heteroatoms. The van der Waals surface area contributed by atoms with Crippen LogP contribution in [0.15, 0.2) is 0 Å². The van der Waals surface area contributed by atoms with E-state index in [4.69, 9.17) is 5.11 Å². The molecular weight excluding hydrogens is 156 g/mol. The fourth-order valence-electron chi connectivity index (χ4n) is 0.750. The minimum Gasteiger partial charge on any atom is -0.394 e. The predicted molar refractivity (Wildman–Crippen MR) is 47.9 cm³/mol. The average molecular weight is 174 g/mol. The van der Waals surface area contributed by atoms with Crippen molar-refractivity contribution in [2.24, 2.45) is 0 Å². The maximum Gasteiger partial charge on any atom is 0.234 e. The van der Waals surface area contributed by atoms with Crippen LogP contribution in [0.1, 0.15) is 20.3 Å². The molecule has 0 aromatic heterocycles. The summed E-state index contributed by atoms with van der Waals surface area (Å²) in [5.41, 5.74) is 0. The molecule has 0 rings (SSSR count). The fourth-order valence-corrected chi connectivity index (χ4v) is 0.750. The molecule has 0 spiro atoms. The highest BCUT2D eigenvalue weighted by molar-refractivity contribution is 5.78. The number of carbonyl (C=O) groups excluding carboxylic acids is 1. The Bertz CT molecular complexity index is 128. The third-order valence-electron chi connectivity index (χ3n) is 1.39. The molecule has 0 saturated carbocycles. The Kier molecular flexibility index (Phi) is 6.70. The van der Waals surface area contributed by atoms with Gasteiger partial charge in [0.25, 0.3) is 0 Å². The number of nitrogens with one attached hydrogen (secondary N) is 2. The summed E-state index contributed by atoms with van der Waals surface area (Å²) < 4.78 is 0. The first-order chi connectivity index (χ1) is 5.70. The van der Waals surface area contributed by atoms with Crippen molar-refractivity contribution in [3.63, 3.8) is 0 Å². The van der Waals surface area contributed by atoms with Crippen molar-refractivity contribution in [1.82, 2.24) is 10.6 Å². The van der Waals surface area contributed by atoms with Gasteiger partial charge in [-0.25, -0.2) is 0 Å². The summed E-state index contributed by atoms with van der Waals surface area (Å²) in [5, 5.41) is 14.2. The van der Waals surface area contributed by atoms with Gasteiger partial charge in [-0.05, 0) is 19.9 Å². The molecule has 0 aromatic carbocycles. The van der Waals surface area contributed by atoms with Gasteiger partial charge in [-0.2, -0.15) is 0 Å². The van der Waals surface area contributed by atoms with Crippen LogP contribution in [-0.4, -0.2) is 36.8 Å². The topological polar surface area (TPSA) is 61.4 Å². The summed E-state index contributed by atoms with van der Waals surface area (Å²) in [4.78, 5) is 11.0. The van der Waals surface area contributed by atoms with E-state index < -0.39 is 0 Å². The third-order valence-corrected chi connectivity index (χ3v) is 1.39. The molecular formula is C8H18N2O2. The van der Waals surface area contributed by atoms with Gasteiger partial charge in [0, 0.05) is 6.04 Å². The Morgan fingerprint density at radius 2 is 2.25 bits per heavy atom. The first-order valence-electron chi connectivity index (χ1n) is 4.31. The smallest absolute Gasteiger partial charge is 0.234 e. The van der Waals surface area contributed by atoms with E-state index in [1.807, 2.05) is 6.92 Å². The zero-order valence-corrected chi connectivity index (χ0v) is 7.76. The molecule has 3 N–H and O–H groups in total. The molecule has 12 heavy (non-hydrogen) atoms. The van der Waals surface area contributed by atoms with Gasteiger partial charge in [-0.3, -0.25) is 4.79 Å². The molecule has 0 saturated heterocycles. The van der Waals surface area contributed by atoms with Gasteiger partial charge in [-0.15, -0.1) is 0 Å². The van der Waals surface area contributed by atoms with Gasteiger partial charge < -0.3 is 15.7 Å². The molecule has 0 heterocycles. The van der Waals surface area contributed by atoms with Crippen molar-refractivity contribution in [3.05, 3.63) is 0 Å². The fraction of sp³-hybridized carbons (Fsp3) is 0.875. The molecule has 0 radical (unpaired) electrons. The van der Waals surface area contributed by atoms with Crippen LogP contribution in [0.2, 0.25) is 0 Å². The maximum atomic E-state index is 11.0. The molecule has 4 nitrogen and oxygen atoms in total. The monoisotopic (exact) mass is 174 g/mol. The second-order valence-electron chi connectivity index (χ2n) is 2.83. The van der Waals surface area contributed by atoms with Crippen molar-refractivity contribution in [1.29, 1.82) is 0 Å². The lowest BCUT2D eigenvalue weighted by atomic mass is 10.3. The number of hydrogen-bond donors (Lipinski definition) is 3. The minimum atomic E-state index is -0.152. The van der Waals surface area contributed by atoms with Gasteiger partial charge in [0.2, 0.25) is 5.91 Å². The predicted octanol–water partition coefficient (Wildman–Crippen LogP) is -0.517. The van der Waals surface area contributed by atoms with Crippen molar-refractivity contribution in [2.75, 3.05) is 19.7 Å². The quantitative estimate of drug-likeness (QED) is 0.475. The van der Waals surface area contributed by atoms with Crippen LogP contribution in [0.4, 0.5) is 0 Å². The van der Waals surface area contributed by atoms with Crippen molar-refractivity contribution in [3.8, 4) is 0 Å². The summed E-state index contributed by atoms with van der Waals surface area (Å²) in [7, 11) is 0. The Morgan fingerprint density at radius 3 is 2.75 bits per heavy atom. The van der Waals surface area contributed by atoms with Crippen LogP contribution < -0.4 is 10.6 Å². The number of aliphatic hydroxyl groups excluding tert-OH is 1. The number of carbonyl (C=O) groups is 1. The van der Waals surface area contributed by atoms with E-state index >= 15 is 0 Å². The largest absolute Gasteiger partial charge is 0.394 e. The maximum absolute atomic E-state index is 11.0. The van der Waals surface area contributed by atoms with Crippen LogP contribution in [0.3, 0.4) is 0 Å². The van der Waals surface area contributed by atoms with Crippen LogP contribution in [-0.2, 0) is 4.79 Å². The molecule has 0 fully saturated rings.